The Kier molecular flexibility index (Phi) is 5.41. The van der Waals surface area contributed by atoms with Crippen LogP contribution in [0.5, 0.6) is 0 Å². The van der Waals surface area contributed by atoms with E-state index in [0.29, 0.717) is 5.69 Å². The van der Waals surface area contributed by atoms with Crippen LogP contribution in [0.15, 0.2) is 70.7 Å². The van der Waals surface area contributed by atoms with Crippen LogP contribution >= 0.6 is 11.8 Å². The maximum absolute atomic E-state index is 13.0. The fourth-order valence-electron chi connectivity index (χ4n) is 3.23. The molecule has 0 aliphatic heterocycles. The molecule has 2 heterocycles. The maximum atomic E-state index is 13.0. The standard InChI is InChI=1S/C22H21N5O2S/c1-14-19(22(29)27(26(14)3)16-9-5-4-6-10-16)25-20(28)15(2)30-21-17-11-7-8-12-18(17)23-13-24-21/h4-13,15H,1-3H3,(H,25,28)/t15-/m0/s1. The highest BCUT2D eigenvalue weighted by Crippen LogP contribution is 2.28. The van der Waals surface area contributed by atoms with Crippen molar-refractivity contribution in [1.82, 2.24) is 19.3 Å². The van der Waals surface area contributed by atoms with E-state index in [-0.39, 0.29) is 17.2 Å². The summed E-state index contributed by atoms with van der Waals surface area (Å²) in [5, 5.41) is 4.00. The van der Waals surface area contributed by atoms with Crippen molar-refractivity contribution in [2.75, 3.05) is 5.32 Å². The van der Waals surface area contributed by atoms with Crippen LogP contribution in [0, 0.1) is 6.92 Å². The molecule has 0 unspecified atom stereocenters. The van der Waals surface area contributed by atoms with Crippen molar-refractivity contribution in [3.8, 4) is 5.69 Å². The Morgan fingerprint density at radius 3 is 2.53 bits per heavy atom. The second kappa shape index (κ2) is 8.16. The molecule has 0 radical (unpaired) electrons. The number of hydrogen-bond donors (Lipinski definition) is 1. The van der Waals surface area contributed by atoms with Gasteiger partial charge in [0.15, 0.2) is 0 Å². The molecule has 30 heavy (non-hydrogen) atoms. The van der Waals surface area contributed by atoms with E-state index in [4.69, 9.17) is 0 Å². The Morgan fingerprint density at radius 2 is 1.77 bits per heavy atom. The minimum atomic E-state index is -0.451. The first-order chi connectivity index (χ1) is 14.5. The first kappa shape index (κ1) is 19.9. The highest BCUT2D eigenvalue weighted by atomic mass is 32.2. The van der Waals surface area contributed by atoms with Crippen LogP contribution in [0.2, 0.25) is 0 Å². The molecular formula is C22H21N5O2S. The van der Waals surface area contributed by atoms with E-state index in [2.05, 4.69) is 15.3 Å². The molecule has 7 nitrogen and oxygen atoms in total. The Bertz CT molecular complexity index is 1270. The van der Waals surface area contributed by atoms with Gasteiger partial charge in [0.2, 0.25) is 5.91 Å². The monoisotopic (exact) mass is 419 g/mol. The number of carbonyl (C=O) groups is 1. The molecular weight excluding hydrogens is 398 g/mol. The van der Waals surface area contributed by atoms with Crippen molar-refractivity contribution in [3.05, 3.63) is 77.0 Å². The van der Waals surface area contributed by atoms with Gasteiger partial charge in [0.25, 0.3) is 5.56 Å². The fourth-order valence-corrected chi connectivity index (χ4v) is 4.14. The number of carbonyl (C=O) groups excluding carboxylic acids is 1. The molecule has 0 fully saturated rings. The van der Waals surface area contributed by atoms with Crippen LogP contribution in [-0.4, -0.2) is 30.5 Å². The molecule has 0 saturated heterocycles. The van der Waals surface area contributed by atoms with Crippen LogP contribution in [0.3, 0.4) is 0 Å². The van der Waals surface area contributed by atoms with Crippen molar-refractivity contribution in [1.29, 1.82) is 0 Å². The zero-order chi connectivity index (χ0) is 21.3. The Labute approximate surface area is 177 Å². The zero-order valence-corrected chi connectivity index (χ0v) is 17.7. The second-order valence-corrected chi connectivity index (χ2v) is 8.21. The number of anilines is 1. The van der Waals surface area contributed by atoms with Crippen LogP contribution in [-0.2, 0) is 11.8 Å². The van der Waals surface area contributed by atoms with Gasteiger partial charge in [0.05, 0.1) is 22.1 Å². The van der Waals surface area contributed by atoms with Gasteiger partial charge in [-0.25, -0.2) is 14.6 Å². The third kappa shape index (κ3) is 3.61. The summed E-state index contributed by atoms with van der Waals surface area (Å²) < 4.78 is 3.28. The summed E-state index contributed by atoms with van der Waals surface area (Å²) in [4.78, 5) is 34.5. The van der Waals surface area contributed by atoms with Gasteiger partial charge >= 0.3 is 0 Å². The van der Waals surface area contributed by atoms with Crippen LogP contribution in [0.1, 0.15) is 12.6 Å². The molecule has 1 amide bonds. The van der Waals surface area contributed by atoms with E-state index >= 15 is 0 Å². The van der Waals surface area contributed by atoms with Crippen LogP contribution < -0.4 is 10.9 Å². The van der Waals surface area contributed by atoms with Gasteiger partial charge in [-0.3, -0.25) is 14.3 Å². The Balaban J connectivity index is 1.59. The number of fused-ring (bicyclic) bond motifs is 1. The maximum Gasteiger partial charge on any atom is 0.295 e. The molecule has 4 rings (SSSR count). The lowest BCUT2D eigenvalue weighted by atomic mass is 10.2. The lowest BCUT2D eigenvalue weighted by molar-refractivity contribution is -0.115. The van der Waals surface area contributed by atoms with Crippen molar-refractivity contribution in [2.24, 2.45) is 7.05 Å². The average molecular weight is 420 g/mol. The van der Waals surface area contributed by atoms with E-state index < -0.39 is 5.25 Å². The van der Waals surface area contributed by atoms with E-state index in [0.717, 1.165) is 21.6 Å². The number of benzene rings is 2. The largest absolute Gasteiger partial charge is 0.319 e. The Morgan fingerprint density at radius 1 is 1.07 bits per heavy atom. The minimum Gasteiger partial charge on any atom is -0.319 e. The van der Waals surface area contributed by atoms with Crippen LogP contribution in [0.25, 0.3) is 16.6 Å². The third-order valence-electron chi connectivity index (χ3n) is 4.97. The number of thioether (sulfide) groups is 1. The number of nitrogens with zero attached hydrogens (tertiary/aromatic N) is 4. The van der Waals surface area contributed by atoms with Gasteiger partial charge in [-0.2, -0.15) is 0 Å². The Hall–Kier alpha value is -3.39. The molecule has 2 aromatic carbocycles. The van der Waals surface area contributed by atoms with Crippen molar-refractivity contribution in [3.63, 3.8) is 0 Å². The van der Waals surface area contributed by atoms with Crippen molar-refractivity contribution < 1.29 is 4.79 Å². The fraction of sp³-hybridized carbons (Fsp3) is 0.182. The van der Waals surface area contributed by atoms with E-state index in [1.165, 1.54) is 18.1 Å². The smallest absolute Gasteiger partial charge is 0.295 e. The number of nitrogens with one attached hydrogen (secondary N) is 1. The summed E-state index contributed by atoms with van der Waals surface area (Å²) >= 11 is 1.34. The topological polar surface area (TPSA) is 81.8 Å². The molecule has 0 saturated carbocycles. The summed E-state index contributed by atoms with van der Waals surface area (Å²) in [5.74, 6) is -0.256. The predicted octanol–water partition coefficient (Wildman–Crippen LogP) is 3.55. The average Bonchev–Trinajstić information content (AvgIpc) is 2.97. The molecule has 0 aliphatic rings. The first-order valence-corrected chi connectivity index (χ1v) is 10.4. The highest BCUT2D eigenvalue weighted by Gasteiger charge is 2.22. The lowest BCUT2D eigenvalue weighted by Gasteiger charge is -2.12. The normalized spacial score (nSPS) is 12.1. The summed E-state index contributed by atoms with van der Waals surface area (Å²) in [7, 11) is 1.80. The summed E-state index contributed by atoms with van der Waals surface area (Å²) in [6.07, 6.45) is 1.50. The summed E-state index contributed by atoms with van der Waals surface area (Å²) in [6.45, 7) is 3.61. The quantitative estimate of drug-likeness (QED) is 0.395. The van der Waals surface area contributed by atoms with E-state index in [9.17, 15) is 9.59 Å². The van der Waals surface area contributed by atoms with E-state index in [1.807, 2.05) is 61.5 Å². The zero-order valence-electron chi connectivity index (χ0n) is 16.9. The van der Waals surface area contributed by atoms with Crippen LogP contribution in [0.4, 0.5) is 5.69 Å². The van der Waals surface area contributed by atoms with Gasteiger partial charge in [-0.15, -0.1) is 0 Å². The molecule has 0 bridgehead atoms. The third-order valence-corrected chi connectivity index (χ3v) is 6.08. The van der Waals surface area contributed by atoms with Crippen molar-refractivity contribution in [2.45, 2.75) is 24.1 Å². The SMILES string of the molecule is Cc1c(NC(=O)[C@H](C)Sc2ncnc3ccccc23)c(=O)n(-c2ccccc2)n1C. The molecule has 1 N–H and O–H groups in total. The molecule has 4 aromatic rings. The molecule has 0 aliphatic carbocycles. The van der Waals surface area contributed by atoms with Gasteiger partial charge in [-0.1, -0.05) is 48.2 Å². The molecule has 152 valence electrons. The van der Waals surface area contributed by atoms with Gasteiger partial charge in [-0.05, 0) is 32.0 Å². The van der Waals surface area contributed by atoms with Gasteiger partial charge in [0, 0.05) is 12.4 Å². The summed E-state index contributed by atoms with van der Waals surface area (Å²) in [6, 6.07) is 17.0. The number of hydrogen-bond acceptors (Lipinski definition) is 5. The predicted molar refractivity (Wildman–Crippen MR) is 119 cm³/mol. The molecule has 8 heteroatoms. The van der Waals surface area contributed by atoms with Crippen molar-refractivity contribution >= 4 is 34.3 Å². The lowest BCUT2D eigenvalue weighted by Crippen LogP contribution is -2.27. The second-order valence-electron chi connectivity index (χ2n) is 6.88. The number of aromatic nitrogens is 4. The number of amides is 1. The summed E-state index contributed by atoms with van der Waals surface area (Å²) in [5.41, 5.74) is 2.27. The van der Waals surface area contributed by atoms with Gasteiger partial charge in [0.1, 0.15) is 17.0 Å². The number of rotatable bonds is 5. The first-order valence-electron chi connectivity index (χ1n) is 9.48. The number of para-hydroxylation sites is 2. The molecule has 0 spiro atoms. The molecule has 1 atom stereocenters. The molecule has 2 aromatic heterocycles. The highest BCUT2D eigenvalue weighted by molar-refractivity contribution is 8.00. The van der Waals surface area contributed by atoms with E-state index in [1.54, 1.807) is 23.3 Å². The minimum absolute atomic E-state index is 0.256. The van der Waals surface area contributed by atoms with Gasteiger partial charge < -0.3 is 5.32 Å².